The Labute approximate surface area is 117 Å². The molecule has 1 rings (SSSR count). The molecule has 5 heteroatoms. The molecule has 18 heavy (non-hydrogen) atoms. The number of nitrogens with zero attached hydrogens (tertiary/aromatic N) is 1. The third-order valence-electron chi connectivity index (χ3n) is 2.51. The molecule has 1 aromatic rings. The maximum atomic E-state index is 11.2. The summed E-state index contributed by atoms with van der Waals surface area (Å²) in [6.07, 6.45) is 0. The minimum absolute atomic E-state index is 0.0617. The van der Waals surface area contributed by atoms with Crippen LogP contribution in [0.15, 0.2) is 22.7 Å². The van der Waals surface area contributed by atoms with E-state index in [9.17, 15) is 4.79 Å². The first-order valence-corrected chi connectivity index (χ1v) is 6.71. The Morgan fingerprint density at radius 1 is 1.33 bits per heavy atom. The van der Waals surface area contributed by atoms with Gasteiger partial charge in [0.25, 0.3) is 0 Å². The van der Waals surface area contributed by atoms with E-state index in [1.54, 1.807) is 14.1 Å². The number of nitrogens with one attached hydrogen (secondary N) is 2. The largest absolute Gasteiger partial charge is 0.337 e. The fourth-order valence-electron chi connectivity index (χ4n) is 1.43. The number of carbonyl (C=O) groups is 1. The van der Waals surface area contributed by atoms with Gasteiger partial charge in [-0.05, 0) is 24.1 Å². The molecule has 2 N–H and O–H groups in total. The minimum Gasteiger partial charge on any atom is -0.337 e. The van der Waals surface area contributed by atoms with Gasteiger partial charge in [0, 0.05) is 38.2 Å². The molecule has 0 atom stereocenters. The number of carbonyl (C=O) groups excluding carboxylic acids is 1. The molecular weight excluding hydrogens is 294 g/mol. The van der Waals surface area contributed by atoms with Gasteiger partial charge in [-0.2, -0.15) is 0 Å². The number of hydrogen-bond acceptors (Lipinski definition) is 2. The molecule has 4 nitrogen and oxygen atoms in total. The van der Waals surface area contributed by atoms with Crippen molar-refractivity contribution in [1.82, 2.24) is 15.5 Å². The molecule has 0 fully saturated rings. The quantitative estimate of drug-likeness (QED) is 0.818. The second-order valence-electron chi connectivity index (χ2n) is 4.40. The van der Waals surface area contributed by atoms with E-state index in [1.807, 2.05) is 0 Å². The fourth-order valence-corrected chi connectivity index (χ4v) is 2.07. The van der Waals surface area contributed by atoms with Crippen molar-refractivity contribution in [3.8, 4) is 0 Å². The Kier molecular flexibility index (Phi) is 6.15. The predicted molar refractivity (Wildman–Crippen MR) is 77.7 cm³/mol. The predicted octanol–water partition coefficient (Wildman–Crippen LogP) is 2.12. The summed E-state index contributed by atoms with van der Waals surface area (Å²) in [4.78, 5) is 12.8. The van der Waals surface area contributed by atoms with Crippen LogP contribution < -0.4 is 10.6 Å². The molecule has 0 aliphatic rings. The number of amides is 2. The van der Waals surface area contributed by atoms with E-state index in [0.717, 1.165) is 17.6 Å². The van der Waals surface area contributed by atoms with E-state index in [0.29, 0.717) is 6.54 Å². The van der Waals surface area contributed by atoms with Gasteiger partial charge in [-0.15, -0.1) is 0 Å². The van der Waals surface area contributed by atoms with Crippen molar-refractivity contribution in [1.29, 1.82) is 0 Å². The molecule has 0 saturated carbocycles. The summed E-state index contributed by atoms with van der Waals surface area (Å²) in [5.41, 5.74) is 2.46. The first kappa shape index (κ1) is 15.0. The maximum Gasteiger partial charge on any atom is 0.316 e. The molecule has 0 aromatic heterocycles. The van der Waals surface area contributed by atoms with Crippen LogP contribution in [0.5, 0.6) is 0 Å². The topological polar surface area (TPSA) is 44.4 Å². The van der Waals surface area contributed by atoms with Crippen LogP contribution in [-0.2, 0) is 6.54 Å². The summed E-state index contributed by atoms with van der Waals surface area (Å²) in [5.74, 6) is 0. The molecule has 0 saturated heterocycles. The molecule has 0 radical (unpaired) electrons. The average Bonchev–Trinajstić information content (AvgIpc) is 2.30. The molecular formula is C13H20BrN3O. The molecule has 0 aliphatic carbocycles. The van der Waals surface area contributed by atoms with Gasteiger partial charge < -0.3 is 15.5 Å². The van der Waals surface area contributed by atoms with Gasteiger partial charge in [-0.3, -0.25) is 0 Å². The highest BCUT2D eigenvalue weighted by atomic mass is 79.9. The Morgan fingerprint density at radius 3 is 2.67 bits per heavy atom. The first-order chi connectivity index (χ1) is 8.50. The zero-order chi connectivity index (χ0) is 13.5. The van der Waals surface area contributed by atoms with E-state index in [2.05, 4.69) is 51.7 Å². The van der Waals surface area contributed by atoms with Crippen LogP contribution in [0.4, 0.5) is 4.79 Å². The summed E-state index contributed by atoms with van der Waals surface area (Å²) < 4.78 is 1.12. The van der Waals surface area contributed by atoms with Crippen molar-refractivity contribution in [3.05, 3.63) is 33.8 Å². The second-order valence-corrected chi connectivity index (χ2v) is 5.25. The lowest BCUT2D eigenvalue weighted by atomic mass is 10.1. The molecule has 2 amide bonds. The van der Waals surface area contributed by atoms with Crippen molar-refractivity contribution in [2.24, 2.45) is 0 Å². The van der Waals surface area contributed by atoms with E-state index in [4.69, 9.17) is 0 Å². The standard InChI is InChI=1S/C13H20BrN3O/c1-10-4-5-11(12(14)8-10)9-15-6-7-16-13(18)17(2)3/h4-5,8,15H,6-7,9H2,1-3H3,(H,16,18). The molecule has 0 bridgehead atoms. The summed E-state index contributed by atoms with van der Waals surface area (Å²) in [6.45, 7) is 4.23. The van der Waals surface area contributed by atoms with Crippen molar-refractivity contribution >= 4 is 22.0 Å². The molecule has 1 aromatic carbocycles. The Balaban J connectivity index is 2.24. The second kappa shape index (κ2) is 7.38. The van der Waals surface area contributed by atoms with Gasteiger partial charge >= 0.3 is 6.03 Å². The first-order valence-electron chi connectivity index (χ1n) is 5.91. The number of aryl methyl sites for hydroxylation is 1. The van der Waals surface area contributed by atoms with Crippen molar-refractivity contribution in [2.45, 2.75) is 13.5 Å². The minimum atomic E-state index is -0.0617. The Morgan fingerprint density at radius 2 is 2.06 bits per heavy atom. The Hall–Kier alpha value is -1.07. The highest BCUT2D eigenvalue weighted by Gasteiger charge is 2.02. The zero-order valence-corrected chi connectivity index (χ0v) is 12.7. The summed E-state index contributed by atoms with van der Waals surface area (Å²) in [6, 6.07) is 6.24. The fraction of sp³-hybridized carbons (Fsp3) is 0.462. The van der Waals surface area contributed by atoms with Crippen molar-refractivity contribution in [2.75, 3.05) is 27.2 Å². The van der Waals surface area contributed by atoms with E-state index >= 15 is 0 Å². The lowest BCUT2D eigenvalue weighted by Crippen LogP contribution is -2.38. The molecule has 0 unspecified atom stereocenters. The van der Waals surface area contributed by atoms with Gasteiger partial charge in [0.15, 0.2) is 0 Å². The van der Waals surface area contributed by atoms with Crippen LogP contribution in [0.25, 0.3) is 0 Å². The van der Waals surface area contributed by atoms with Gasteiger partial charge in [0.1, 0.15) is 0 Å². The summed E-state index contributed by atoms with van der Waals surface area (Å²) in [7, 11) is 3.46. The third kappa shape index (κ3) is 5.06. The van der Waals surface area contributed by atoms with Crippen LogP contribution in [-0.4, -0.2) is 38.1 Å². The highest BCUT2D eigenvalue weighted by molar-refractivity contribution is 9.10. The number of benzene rings is 1. The molecule has 0 aliphatic heterocycles. The smallest absolute Gasteiger partial charge is 0.316 e. The van der Waals surface area contributed by atoms with E-state index in [-0.39, 0.29) is 6.03 Å². The van der Waals surface area contributed by atoms with Crippen molar-refractivity contribution in [3.63, 3.8) is 0 Å². The number of hydrogen-bond donors (Lipinski definition) is 2. The van der Waals surface area contributed by atoms with Crippen LogP contribution in [0.3, 0.4) is 0 Å². The lowest BCUT2D eigenvalue weighted by Gasteiger charge is -2.12. The monoisotopic (exact) mass is 313 g/mol. The maximum absolute atomic E-state index is 11.2. The van der Waals surface area contributed by atoms with Crippen LogP contribution >= 0.6 is 15.9 Å². The SMILES string of the molecule is Cc1ccc(CNCCNC(=O)N(C)C)c(Br)c1. The lowest BCUT2D eigenvalue weighted by molar-refractivity contribution is 0.217. The normalized spacial score (nSPS) is 10.2. The average molecular weight is 314 g/mol. The molecule has 100 valence electrons. The van der Waals surface area contributed by atoms with Crippen LogP contribution in [0.2, 0.25) is 0 Å². The van der Waals surface area contributed by atoms with Crippen molar-refractivity contribution < 1.29 is 4.79 Å². The number of urea groups is 1. The highest BCUT2D eigenvalue weighted by Crippen LogP contribution is 2.17. The van der Waals surface area contributed by atoms with Gasteiger partial charge in [-0.1, -0.05) is 28.1 Å². The van der Waals surface area contributed by atoms with E-state index in [1.165, 1.54) is 16.0 Å². The van der Waals surface area contributed by atoms with Crippen LogP contribution in [0.1, 0.15) is 11.1 Å². The van der Waals surface area contributed by atoms with Gasteiger partial charge in [0.05, 0.1) is 0 Å². The Bertz CT molecular complexity index is 407. The third-order valence-corrected chi connectivity index (χ3v) is 3.25. The number of rotatable bonds is 5. The van der Waals surface area contributed by atoms with Gasteiger partial charge in [0.2, 0.25) is 0 Å². The summed E-state index contributed by atoms with van der Waals surface area (Å²) in [5, 5.41) is 6.10. The summed E-state index contributed by atoms with van der Waals surface area (Å²) >= 11 is 3.54. The number of halogens is 1. The van der Waals surface area contributed by atoms with Crippen LogP contribution in [0, 0.1) is 6.92 Å². The zero-order valence-electron chi connectivity index (χ0n) is 11.1. The van der Waals surface area contributed by atoms with Gasteiger partial charge in [-0.25, -0.2) is 4.79 Å². The van der Waals surface area contributed by atoms with E-state index < -0.39 is 0 Å². The molecule has 0 heterocycles. The molecule has 0 spiro atoms.